The predicted octanol–water partition coefficient (Wildman–Crippen LogP) is 4.50. The molecule has 0 atom stereocenters. The van der Waals surface area contributed by atoms with Gasteiger partial charge in [-0.2, -0.15) is 0 Å². The summed E-state index contributed by atoms with van der Waals surface area (Å²) in [5.41, 5.74) is 2.32. The van der Waals surface area contributed by atoms with E-state index in [0.29, 0.717) is 0 Å². The number of furan rings is 1. The first-order chi connectivity index (χ1) is 7.51. The second-order valence-electron chi connectivity index (χ2n) is 5.38. The van der Waals surface area contributed by atoms with Gasteiger partial charge in [-0.1, -0.05) is 44.4 Å². The SMILES string of the molecule is C=Cc1oc2ccccc2c1C[Si](C)(C)C. The van der Waals surface area contributed by atoms with Crippen LogP contribution in [0.25, 0.3) is 17.0 Å². The highest BCUT2D eigenvalue weighted by Gasteiger charge is 2.20. The van der Waals surface area contributed by atoms with Crippen molar-refractivity contribution in [3.8, 4) is 0 Å². The number of hydrogen-bond donors (Lipinski definition) is 0. The minimum absolute atomic E-state index is 0.948. The van der Waals surface area contributed by atoms with Crippen LogP contribution in [0, 0.1) is 0 Å². The molecule has 0 aliphatic heterocycles. The van der Waals surface area contributed by atoms with Crippen LogP contribution in [-0.4, -0.2) is 8.07 Å². The molecule has 1 aromatic carbocycles. The van der Waals surface area contributed by atoms with Gasteiger partial charge in [-0.3, -0.25) is 0 Å². The minimum Gasteiger partial charge on any atom is -0.456 e. The molecule has 0 bridgehead atoms. The first-order valence-electron chi connectivity index (χ1n) is 5.64. The van der Waals surface area contributed by atoms with Crippen molar-refractivity contribution >= 4 is 25.1 Å². The Hall–Kier alpha value is -1.28. The second-order valence-corrected chi connectivity index (χ2v) is 10.9. The van der Waals surface area contributed by atoms with Crippen molar-refractivity contribution in [2.75, 3.05) is 0 Å². The summed E-state index contributed by atoms with van der Waals surface area (Å²) in [5, 5.41) is 1.25. The molecular formula is C14H18OSi. The predicted molar refractivity (Wildman–Crippen MR) is 73.4 cm³/mol. The van der Waals surface area contributed by atoms with Gasteiger partial charge in [0, 0.05) is 19.0 Å². The number of rotatable bonds is 3. The van der Waals surface area contributed by atoms with Crippen molar-refractivity contribution in [1.82, 2.24) is 0 Å². The van der Waals surface area contributed by atoms with E-state index in [1.165, 1.54) is 10.9 Å². The summed E-state index contributed by atoms with van der Waals surface area (Å²) in [4.78, 5) is 0. The summed E-state index contributed by atoms with van der Waals surface area (Å²) in [6.45, 7) is 11.0. The Morgan fingerprint density at radius 2 is 1.94 bits per heavy atom. The molecule has 1 nitrogen and oxygen atoms in total. The molecule has 0 radical (unpaired) electrons. The van der Waals surface area contributed by atoms with Crippen LogP contribution in [0.15, 0.2) is 35.3 Å². The zero-order valence-corrected chi connectivity index (χ0v) is 11.2. The van der Waals surface area contributed by atoms with Crippen molar-refractivity contribution in [2.45, 2.75) is 25.7 Å². The molecule has 0 unspecified atom stereocenters. The fraction of sp³-hybridized carbons (Fsp3) is 0.286. The van der Waals surface area contributed by atoms with Crippen LogP contribution in [0.4, 0.5) is 0 Å². The molecule has 2 heteroatoms. The smallest absolute Gasteiger partial charge is 0.135 e. The largest absolute Gasteiger partial charge is 0.456 e. The van der Waals surface area contributed by atoms with Crippen LogP contribution in [0.5, 0.6) is 0 Å². The number of para-hydroxylation sites is 1. The Morgan fingerprint density at radius 3 is 2.56 bits per heavy atom. The third-order valence-corrected chi connectivity index (χ3v) is 4.04. The maximum absolute atomic E-state index is 5.80. The Labute approximate surface area is 97.8 Å². The first-order valence-corrected chi connectivity index (χ1v) is 9.35. The third kappa shape index (κ3) is 2.12. The molecule has 0 saturated heterocycles. The van der Waals surface area contributed by atoms with Gasteiger partial charge in [0.15, 0.2) is 0 Å². The Morgan fingerprint density at radius 1 is 1.25 bits per heavy atom. The van der Waals surface area contributed by atoms with E-state index in [9.17, 15) is 0 Å². The van der Waals surface area contributed by atoms with Crippen molar-refractivity contribution in [2.24, 2.45) is 0 Å². The van der Waals surface area contributed by atoms with Gasteiger partial charge in [-0.05, 0) is 18.2 Å². The molecule has 1 heterocycles. The molecule has 2 aromatic rings. The van der Waals surface area contributed by atoms with E-state index in [4.69, 9.17) is 4.42 Å². The lowest BCUT2D eigenvalue weighted by molar-refractivity contribution is 0.600. The van der Waals surface area contributed by atoms with Crippen molar-refractivity contribution < 1.29 is 4.42 Å². The molecule has 16 heavy (non-hydrogen) atoms. The number of benzene rings is 1. The van der Waals surface area contributed by atoms with Crippen LogP contribution in [0.3, 0.4) is 0 Å². The highest BCUT2D eigenvalue weighted by molar-refractivity contribution is 6.75. The van der Waals surface area contributed by atoms with E-state index in [2.05, 4.69) is 38.4 Å². The van der Waals surface area contributed by atoms with Gasteiger partial charge >= 0.3 is 0 Å². The van der Waals surface area contributed by atoms with Gasteiger partial charge < -0.3 is 4.42 Å². The van der Waals surface area contributed by atoms with E-state index >= 15 is 0 Å². The first kappa shape index (κ1) is 11.2. The summed E-state index contributed by atoms with van der Waals surface area (Å²) < 4.78 is 5.80. The highest BCUT2D eigenvalue weighted by Crippen LogP contribution is 2.29. The minimum atomic E-state index is -1.13. The van der Waals surface area contributed by atoms with Crippen LogP contribution in [-0.2, 0) is 6.04 Å². The normalized spacial score (nSPS) is 11.9. The summed E-state index contributed by atoms with van der Waals surface area (Å²) in [7, 11) is -1.13. The zero-order valence-electron chi connectivity index (χ0n) is 10.2. The molecule has 1 aromatic heterocycles. The van der Waals surface area contributed by atoms with E-state index in [1.54, 1.807) is 0 Å². The molecule has 0 aliphatic rings. The van der Waals surface area contributed by atoms with E-state index < -0.39 is 8.07 Å². The monoisotopic (exact) mass is 230 g/mol. The maximum Gasteiger partial charge on any atom is 0.135 e. The topological polar surface area (TPSA) is 13.1 Å². The zero-order chi connectivity index (χ0) is 11.8. The molecule has 0 fully saturated rings. The third-order valence-electron chi connectivity index (χ3n) is 2.62. The molecule has 2 rings (SSSR count). The van der Waals surface area contributed by atoms with E-state index in [1.807, 2.05) is 18.2 Å². The van der Waals surface area contributed by atoms with Crippen molar-refractivity contribution in [1.29, 1.82) is 0 Å². The Kier molecular flexibility index (Phi) is 2.76. The van der Waals surface area contributed by atoms with Gasteiger partial charge in [0.1, 0.15) is 11.3 Å². The molecule has 0 aliphatic carbocycles. The molecule has 84 valence electrons. The summed E-state index contributed by atoms with van der Waals surface area (Å²) in [6.07, 6.45) is 1.83. The van der Waals surface area contributed by atoms with Gasteiger partial charge in [-0.15, -0.1) is 0 Å². The van der Waals surface area contributed by atoms with Gasteiger partial charge in [-0.25, -0.2) is 0 Å². The Balaban J connectivity index is 2.60. The highest BCUT2D eigenvalue weighted by atomic mass is 28.3. The fourth-order valence-electron chi connectivity index (χ4n) is 2.00. The summed E-state index contributed by atoms with van der Waals surface area (Å²) in [5.74, 6) is 0.948. The number of fused-ring (bicyclic) bond motifs is 1. The van der Waals surface area contributed by atoms with E-state index in [0.717, 1.165) is 17.4 Å². The quantitative estimate of drug-likeness (QED) is 0.708. The lowest BCUT2D eigenvalue weighted by Crippen LogP contribution is -2.24. The van der Waals surface area contributed by atoms with Crippen LogP contribution >= 0.6 is 0 Å². The fourth-order valence-corrected chi connectivity index (χ4v) is 3.42. The summed E-state index contributed by atoms with van der Waals surface area (Å²) >= 11 is 0. The Bertz CT molecular complexity index is 517. The number of hydrogen-bond acceptors (Lipinski definition) is 1. The molecule has 0 amide bonds. The maximum atomic E-state index is 5.80. The second kappa shape index (κ2) is 3.94. The standard InChI is InChI=1S/C14H18OSi/c1-5-13-12(10-16(2,3)4)11-8-6-7-9-14(11)15-13/h5-9H,1,10H2,2-4H3. The van der Waals surface area contributed by atoms with Crippen LogP contribution in [0.2, 0.25) is 19.6 Å². The van der Waals surface area contributed by atoms with E-state index in [-0.39, 0.29) is 0 Å². The lowest BCUT2D eigenvalue weighted by Gasteiger charge is -2.15. The average Bonchev–Trinajstić information content (AvgIpc) is 2.55. The van der Waals surface area contributed by atoms with Crippen molar-refractivity contribution in [3.63, 3.8) is 0 Å². The molecular weight excluding hydrogens is 212 g/mol. The molecule has 0 spiro atoms. The van der Waals surface area contributed by atoms with Crippen molar-refractivity contribution in [3.05, 3.63) is 42.2 Å². The summed E-state index contributed by atoms with van der Waals surface area (Å²) in [6, 6.07) is 9.39. The molecule has 0 saturated carbocycles. The van der Waals surface area contributed by atoms with Crippen LogP contribution in [0.1, 0.15) is 11.3 Å². The van der Waals surface area contributed by atoms with Gasteiger partial charge in [0.25, 0.3) is 0 Å². The van der Waals surface area contributed by atoms with Crippen LogP contribution < -0.4 is 0 Å². The average molecular weight is 230 g/mol. The van der Waals surface area contributed by atoms with Gasteiger partial charge in [0.05, 0.1) is 0 Å². The van der Waals surface area contributed by atoms with Gasteiger partial charge in [0.2, 0.25) is 0 Å². The lowest BCUT2D eigenvalue weighted by atomic mass is 10.1. The molecule has 0 N–H and O–H groups in total.